The largest absolute Gasteiger partial charge is 0.423 e. The Morgan fingerprint density at radius 1 is 0.704 bits per heavy atom. The standard InChI is InChI=1S/C21H13N5O/c1-2-20-19(18(5-8-24-20)14-3-6-22-7-4-14)10-15(1)16-9-17(12-23-11-16)21-26-25-13-27-21/h1-13H. The van der Waals surface area contributed by atoms with Crippen LogP contribution in [0.15, 0.2) is 84.3 Å². The van der Waals surface area contributed by atoms with E-state index in [-0.39, 0.29) is 0 Å². The van der Waals surface area contributed by atoms with Crippen LogP contribution in [0.4, 0.5) is 0 Å². The Morgan fingerprint density at radius 2 is 1.59 bits per heavy atom. The molecule has 0 aliphatic rings. The Kier molecular flexibility index (Phi) is 3.65. The molecule has 128 valence electrons. The van der Waals surface area contributed by atoms with Crippen LogP contribution in [0.1, 0.15) is 0 Å². The molecule has 0 bridgehead atoms. The molecule has 6 nitrogen and oxygen atoms in total. The van der Waals surface area contributed by atoms with E-state index in [0.717, 1.165) is 38.7 Å². The lowest BCUT2D eigenvalue weighted by atomic mass is 9.98. The maximum atomic E-state index is 5.28. The molecule has 6 heteroatoms. The van der Waals surface area contributed by atoms with Gasteiger partial charge < -0.3 is 4.42 Å². The van der Waals surface area contributed by atoms with Crippen molar-refractivity contribution >= 4 is 10.9 Å². The van der Waals surface area contributed by atoms with Crippen LogP contribution in [0, 0.1) is 0 Å². The van der Waals surface area contributed by atoms with Gasteiger partial charge in [-0.1, -0.05) is 6.07 Å². The van der Waals surface area contributed by atoms with Crippen molar-refractivity contribution in [3.05, 3.63) is 79.8 Å². The molecule has 1 aromatic carbocycles. The molecule has 0 atom stereocenters. The van der Waals surface area contributed by atoms with Crippen LogP contribution in [0.3, 0.4) is 0 Å². The Bertz CT molecular complexity index is 1220. The lowest BCUT2D eigenvalue weighted by Crippen LogP contribution is -1.88. The van der Waals surface area contributed by atoms with Crippen LogP contribution < -0.4 is 0 Å². The van der Waals surface area contributed by atoms with E-state index in [1.807, 2.05) is 48.8 Å². The summed E-state index contributed by atoms with van der Waals surface area (Å²) < 4.78 is 5.28. The van der Waals surface area contributed by atoms with Crippen molar-refractivity contribution in [1.29, 1.82) is 0 Å². The minimum Gasteiger partial charge on any atom is -0.423 e. The number of hydrogen-bond acceptors (Lipinski definition) is 6. The van der Waals surface area contributed by atoms with E-state index in [1.54, 1.807) is 18.6 Å². The summed E-state index contributed by atoms with van der Waals surface area (Å²) in [6, 6.07) is 14.2. The normalized spacial score (nSPS) is 11.0. The molecule has 5 aromatic rings. The molecule has 0 spiro atoms. The number of aromatic nitrogens is 5. The fourth-order valence-electron chi connectivity index (χ4n) is 3.12. The molecule has 0 aliphatic heterocycles. The average Bonchev–Trinajstić information content (AvgIpc) is 3.29. The van der Waals surface area contributed by atoms with Crippen molar-refractivity contribution in [2.45, 2.75) is 0 Å². The molecule has 0 aliphatic carbocycles. The van der Waals surface area contributed by atoms with Crippen molar-refractivity contribution in [1.82, 2.24) is 25.1 Å². The summed E-state index contributed by atoms with van der Waals surface area (Å²) in [5.41, 5.74) is 5.95. The lowest BCUT2D eigenvalue weighted by Gasteiger charge is -2.09. The Hall–Kier alpha value is -3.93. The lowest BCUT2D eigenvalue weighted by molar-refractivity contribution is 0.568. The third-order valence-corrected chi connectivity index (χ3v) is 4.41. The maximum absolute atomic E-state index is 5.28. The molecule has 0 fully saturated rings. The number of rotatable bonds is 3. The van der Waals surface area contributed by atoms with Gasteiger partial charge in [-0.15, -0.1) is 10.2 Å². The van der Waals surface area contributed by atoms with Crippen molar-refractivity contribution in [3.63, 3.8) is 0 Å². The summed E-state index contributed by atoms with van der Waals surface area (Å²) >= 11 is 0. The van der Waals surface area contributed by atoms with Crippen molar-refractivity contribution < 1.29 is 4.42 Å². The van der Waals surface area contributed by atoms with E-state index in [1.165, 1.54) is 6.39 Å². The summed E-state index contributed by atoms with van der Waals surface area (Å²) in [6.45, 7) is 0. The van der Waals surface area contributed by atoms with Crippen LogP contribution in [0.2, 0.25) is 0 Å². The summed E-state index contributed by atoms with van der Waals surface area (Å²) in [6.07, 6.45) is 10.3. The molecule has 4 heterocycles. The first-order valence-corrected chi connectivity index (χ1v) is 8.39. The fourth-order valence-corrected chi connectivity index (χ4v) is 3.12. The van der Waals surface area contributed by atoms with E-state index in [0.29, 0.717) is 5.89 Å². The molecule has 0 radical (unpaired) electrons. The molecule has 0 saturated carbocycles. The molecule has 4 aromatic heterocycles. The zero-order chi connectivity index (χ0) is 18.1. The summed E-state index contributed by atoms with van der Waals surface area (Å²) in [4.78, 5) is 12.9. The van der Waals surface area contributed by atoms with Gasteiger partial charge >= 0.3 is 0 Å². The second-order valence-corrected chi connectivity index (χ2v) is 6.03. The summed E-state index contributed by atoms with van der Waals surface area (Å²) in [5.74, 6) is 0.448. The first-order chi connectivity index (χ1) is 13.4. The van der Waals surface area contributed by atoms with Gasteiger partial charge in [0.25, 0.3) is 0 Å². The average molecular weight is 351 g/mol. The van der Waals surface area contributed by atoms with Crippen LogP contribution in [-0.2, 0) is 0 Å². The second kappa shape index (κ2) is 6.42. The molecule has 5 rings (SSSR count). The van der Waals surface area contributed by atoms with Gasteiger partial charge in [0.2, 0.25) is 12.3 Å². The monoisotopic (exact) mass is 351 g/mol. The summed E-state index contributed by atoms with van der Waals surface area (Å²) in [5, 5.41) is 8.76. The SMILES string of the molecule is c1cc(-c2ccnc3ccc(-c4cncc(-c5nnco5)c4)cc23)ccn1. The van der Waals surface area contributed by atoms with Gasteiger partial charge in [0.1, 0.15) is 0 Å². The predicted octanol–water partition coefficient (Wildman–Crippen LogP) is 4.41. The highest BCUT2D eigenvalue weighted by atomic mass is 16.4. The van der Waals surface area contributed by atoms with Gasteiger partial charge in [-0.3, -0.25) is 15.0 Å². The van der Waals surface area contributed by atoms with E-state index in [9.17, 15) is 0 Å². The number of hydrogen-bond donors (Lipinski definition) is 0. The Balaban J connectivity index is 1.66. The maximum Gasteiger partial charge on any atom is 0.249 e. The second-order valence-electron chi connectivity index (χ2n) is 6.03. The van der Waals surface area contributed by atoms with Crippen molar-refractivity contribution in [2.24, 2.45) is 0 Å². The molecular weight excluding hydrogens is 338 g/mol. The topological polar surface area (TPSA) is 77.6 Å². The van der Waals surface area contributed by atoms with Crippen LogP contribution >= 0.6 is 0 Å². The number of fused-ring (bicyclic) bond motifs is 1. The zero-order valence-corrected chi connectivity index (χ0v) is 14.1. The van der Waals surface area contributed by atoms with E-state index >= 15 is 0 Å². The molecule has 27 heavy (non-hydrogen) atoms. The highest BCUT2D eigenvalue weighted by molar-refractivity contribution is 5.96. The predicted molar refractivity (Wildman–Crippen MR) is 101 cm³/mol. The minimum atomic E-state index is 0.448. The zero-order valence-electron chi connectivity index (χ0n) is 14.1. The highest BCUT2D eigenvalue weighted by Gasteiger charge is 2.09. The number of pyridine rings is 3. The van der Waals surface area contributed by atoms with Crippen LogP contribution in [-0.4, -0.2) is 25.1 Å². The van der Waals surface area contributed by atoms with E-state index in [2.05, 4.69) is 31.2 Å². The van der Waals surface area contributed by atoms with Gasteiger partial charge in [0.15, 0.2) is 0 Å². The number of nitrogens with zero attached hydrogens (tertiary/aromatic N) is 5. The Morgan fingerprint density at radius 3 is 2.44 bits per heavy atom. The minimum absolute atomic E-state index is 0.448. The van der Waals surface area contributed by atoms with E-state index < -0.39 is 0 Å². The summed E-state index contributed by atoms with van der Waals surface area (Å²) in [7, 11) is 0. The first-order valence-electron chi connectivity index (χ1n) is 8.39. The van der Waals surface area contributed by atoms with Gasteiger partial charge in [0, 0.05) is 41.9 Å². The van der Waals surface area contributed by atoms with Gasteiger partial charge in [-0.05, 0) is 53.1 Å². The van der Waals surface area contributed by atoms with Gasteiger partial charge in [-0.2, -0.15) is 0 Å². The fraction of sp³-hybridized carbons (Fsp3) is 0. The first kappa shape index (κ1) is 15.3. The van der Waals surface area contributed by atoms with Crippen LogP contribution in [0.25, 0.3) is 44.6 Å². The van der Waals surface area contributed by atoms with Crippen LogP contribution in [0.5, 0.6) is 0 Å². The van der Waals surface area contributed by atoms with Crippen molar-refractivity contribution in [2.75, 3.05) is 0 Å². The Labute approximate surface area is 154 Å². The van der Waals surface area contributed by atoms with Gasteiger partial charge in [0.05, 0.1) is 11.1 Å². The van der Waals surface area contributed by atoms with Gasteiger partial charge in [-0.25, -0.2) is 0 Å². The molecule has 0 N–H and O–H groups in total. The quantitative estimate of drug-likeness (QED) is 0.479. The van der Waals surface area contributed by atoms with E-state index in [4.69, 9.17) is 4.42 Å². The molecule has 0 amide bonds. The third kappa shape index (κ3) is 2.83. The smallest absolute Gasteiger partial charge is 0.249 e. The third-order valence-electron chi connectivity index (χ3n) is 4.41. The molecule has 0 saturated heterocycles. The molecule has 0 unspecified atom stereocenters. The number of benzene rings is 1. The molecular formula is C21H13N5O. The highest BCUT2D eigenvalue weighted by Crippen LogP contribution is 2.31. The van der Waals surface area contributed by atoms with Crippen molar-refractivity contribution in [3.8, 4) is 33.7 Å².